The first-order chi connectivity index (χ1) is 8.97. The van der Waals surface area contributed by atoms with Crippen molar-refractivity contribution in [1.82, 2.24) is 4.90 Å². The van der Waals surface area contributed by atoms with Gasteiger partial charge in [-0.3, -0.25) is 14.9 Å². The van der Waals surface area contributed by atoms with Gasteiger partial charge in [0.15, 0.2) is 0 Å². The Hall–Kier alpha value is -2.11. The Morgan fingerprint density at radius 3 is 2.84 bits per heavy atom. The monoisotopic (exact) mass is 263 g/mol. The molecule has 0 radical (unpaired) electrons. The Balaban J connectivity index is 2.12. The van der Waals surface area contributed by atoms with Crippen LogP contribution >= 0.6 is 0 Å². The van der Waals surface area contributed by atoms with E-state index in [1.54, 1.807) is 24.1 Å². The van der Waals surface area contributed by atoms with Gasteiger partial charge in [-0.15, -0.1) is 0 Å². The van der Waals surface area contributed by atoms with Crippen molar-refractivity contribution in [2.45, 2.75) is 25.8 Å². The normalized spacial score (nSPS) is 19.4. The van der Waals surface area contributed by atoms with Crippen molar-refractivity contribution in [3.05, 3.63) is 33.9 Å². The molecule has 1 saturated heterocycles. The lowest BCUT2D eigenvalue weighted by atomic mass is 10.0. The number of carbonyl (C=O) groups is 1. The van der Waals surface area contributed by atoms with E-state index in [0.717, 1.165) is 17.7 Å². The lowest BCUT2D eigenvalue weighted by Crippen LogP contribution is -2.43. The Morgan fingerprint density at radius 1 is 1.47 bits per heavy atom. The highest BCUT2D eigenvalue weighted by molar-refractivity contribution is 5.77. The van der Waals surface area contributed by atoms with E-state index >= 15 is 0 Å². The number of aryl methyl sites for hydroxylation is 1. The number of nitro groups is 1. The summed E-state index contributed by atoms with van der Waals surface area (Å²) in [4.78, 5) is 23.5. The fraction of sp³-hybridized carbons (Fsp3) is 0.462. The van der Waals surface area contributed by atoms with Crippen molar-refractivity contribution in [3.63, 3.8) is 0 Å². The summed E-state index contributed by atoms with van der Waals surface area (Å²) in [7, 11) is 1.77. The Bertz CT molecular complexity index is 516. The molecule has 0 bridgehead atoms. The van der Waals surface area contributed by atoms with Gasteiger partial charge in [-0.05, 0) is 18.9 Å². The molecule has 1 heterocycles. The van der Waals surface area contributed by atoms with Gasteiger partial charge >= 0.3 is 0 Å². The lowest BCUT2D eigenvalue weighted by molar-refractivity contribution is -0.384. The molecule has 6 nitrogen and oxygen atoms in total. The number of piperidine rings is 1. The third-order valence-corrected chi connectivity index (χ3v) is 3.42. The van der Waals surface area contributed by atoms with Crippen molar-refractivity contribution in [2.75, 3.05) is 18.9 Å². The number of rotatable bonds is 3. The number of nitro benzene ring substituents is 1. The largest absolute Gasteiger partial charge is 0.380 e. The standard InChI is InChI=1S/C13H17N3O3/c1-9-3-5-11(16(18)19)7-12(9)14-10-4-6-13(17)15(2)8-10/h3,5,7,10,14H,4,6,8H2,1-2H3. The van der Waals surface area contributed by atoms with Crippen LogP contribution in [-0.4, -0.2) is 35.4 Å². The number of amides is 1. The van der Waals surface area contributed by atoms with E-state index in [1.807, 2.05) is 6.92 Å². The van der Waals surface area contributed by atoms with Crippen molar-refractivity contribution in [3.8, 4) is 0 Å². The average molecular weight is 263 g/mol. The topological polar surface area (TPSA) is 75.5 Å². The number of carbonyl (C=O) groups excluding carboxylic acids is 1. The van der Waals surface area contributed by atoms with Crippen molar-refractivity contribution in [1.29, 1.82) is 0 Å². The highest BCUT2D eigenvalue weighted by Gasteiger charge is 2.23. The van der Waals surface area contributed by atoms with E-state index in [2.05, 4.69) is 5.32 Å². The second-order valence-electron chi connectivity index (χ2n) is 4.91. The molecule has 1 aliphatic rings. The van der Waals surface area contributed by atoms with E-state index < -0.39 is 4.92 Å². The van der Waals surface area contributed by atoms with Gasteiger partial charge in [-0.2, -0.15) is 0 Å². The van der Waals surface area contributed by atoms with E-state index in [1.165, 1.54) is 6.07 Å². The summed E-state index contributed by atoms with van der Waals surface area (Å²) in [5.74, 6) is 0.147. The molecule has 0 saturated carbocycles. The number of hydrogen-bond donors (Lipinski definition) is 1. The van der Waals surface area contributed by atoms with Crippen molar-refractivity contribution in [2.24, 2.45) is 0 Å². The molecule has 0 aliphatic carbocycles. The number of benzene rings is 1. The van der Waals surface area contributed by atoms with Gasteiger partial charge in [0.05, 0.1) is 4.92 Å². The maximum absolute atomic E-state index is 11.4. The number of likely N-dealkylation sites (tertiary alicyclic amines) is 1. The molecule has 6 heteroatoms. The smallest absolute Gasteiger partial charge is 0.271 e. The fourth-order valence-corrected chi connectivity index (χ4v) is 2.23. The predicted octanol–water partition coefficient (Wildman–Crippen LogP) is 1.94. The fourth-order valence-electron chi connectivity index (χ4n) is 2.23. The second-order valence-corrected chi connectivity index (χ2v) is 4.91. The molecule has 1 unspecified atom stereocenters. The quantitative estimate of drug-likeness (QED) is 0.668. The molecular weight excluding hydrogens is 246 g/mol. The lowest BCUT2D eigenvalue weighted by Gasteiger charge is -2.31. The Morgan fingerprint density at radius 2 is 2.21 bits per heavy atom. The number of anilines is 1. The molecule has 1 atom stereocenters. The zero-order chi connectivity index (χ0) is 14.0. The van der Waals surface area contributed by atoms with Crippen LogP contribution in [0.15, 0.2) is 18.2 Å². The number of likely N-dealkylation sites (N-methyl/N-ethyl adjacent to an activating group) is 1. The van der Waals surface area contributed by atoms with Gasteiger partial charge in [0.25, 0.3) is 5.69 Å². The zero-order valence-corrected chi connectivity index (χ0v) is 11.0. The van der Waals surface area contributed by atoms with Gasteiger partial charge in [0.2, 0.25) is 5.91 Å². The average Bonchev–Trinajstić information content (AvgIpc) is 2.36. The molecule has 1 aliphatic heterocycles. The van der Waals surface area contributed by atoms with Gasteiger partial charge in [-0.25, -0.2) is 0 Å². The van der Waals surface area contributed by atoms with Crippen LogP contribution in [0.3, 0.4) is 0 Å². The number of non-ortho nitro benzene ring substituents is 1. The highest BCUT2D eigenvalue weighted by atomic mass is 16.6. The summed E-state index contributed by atoms with van der Waals surface area (Å²) in [6.45, 7) is 2.53. The van der Waals surface area contributed by atoms with E-state index in [4.69, 9.17) is 0 Å². The first-order valence-corrected chi connectivity index (χ1v) is 6.23. The van der Waals surface area contributed by atoms with E-state index in [0.29, 0.717) is 13.0 Å². The molecular formula is C13H17N3O3. The molecule has 0 spiro atoms. The zero-order valence-electron chi connectivity index (χ0n) is 11.0. The summed E-state index contributed by atoms with van der Waals surface area (Å²) < 4.78 is 0. The molecule has 1 N–H and O–H groups in total. The molecule has 1 fully saturated rings. The summed E-state index contributed by atoms with van der Waals surface area (Å²) in [5.41, 5.74) is 1.81. The molecule has 1 aromatic carbocycles. The first-order valence-electron chi connectivity index (χ1n) is 6.23. The van der Waals surface area contributed by atoms with Gasteiger partial charge in [-0.1, -0.05) is 6.07 Å². The minimum absolute atomic E-state index is 0.0772. The molecule has 1 aromatic rings. The van der Waals surface area contributed by atoms with E-state index in [-0.39, 0.29) is 17.6 Å². The summed E-state index contributed by atoms with van der Waals surface area (Å²) in [6.07, 6.45) is 1.27. The van der Waals surface area contributed by atoms with Crippen LogP contribution < -0.4 is 5.32 Å². The number of hydrogen-bond acceptors (Lipinski definition) is 4. The first kappa shape index (κ1) is 13.3. The van der Waals surface area contributed by atoms with Crippen LogP contribution in [-0.2, 0) is 4.79 Å². The molecule has 2 rings (SSSR count). The SMILES string of the molecule is Cc1ccc([N+](=O)[O-])cc1NC1CCC(=O)N(C)C1. The second kappa shape index (κ2) is 5.26. The van der Waals surface area contributed by atoms with Crippen LogP contribution in [0.1, 0.15) is 18.4 Å². The number of nitrogens with zero attached hydrogens (tertiary/aromatic N) is 2. The molecule has 1 amide bonds. The minimum atomic E-state index is -0.402. The van der Waals surface area contributed by atoms with Crippen molar-refractivity contribution < 1.29 is 9.72 Å². The minimum Gasteiger partial charge on any atom is -0.380 e. The molecule has 0 aromatic heterocycles. The summed E-state index contributed by atoms with van der Waals surface area (Å²) >= 11 is 0. The van der Waals surface area contributed by atoms with Gasteiger partial charge in [0, 0.05) is 43.9 Å². The Kier molecular flexibility index (Phi) is 3.69. The third-order valence-electron chi connectivity index (χ3n) is 3.42. The number of nitrogens with one attached hydrogen (secondary N) is 1. The molecule has 102 valence electrons. The van der Waals surface area contributed by atoms with Gasteiger partial charge < -0.3 is 10.2 Å². The maximum Gasteiger partial charge on any atom is 0.271 e. The van der Waals surface area contributed by atoms with Crippen LogP contribution in [0.25, 0.3) is 0 Å². The van der Waals surface area contributed by atoms with E-state index in [9.17, 15) is 14.9 Å². The third kappa shape index (κ3) is 3.01. The van der Waals surface area contributed by atoms with Crippen LogP contribution in [0.5, 0.6) is 0 Å². The Labute approximate surface area is 111 Å². The highest BCUT2D eigenvalue weighted by Crippen LogP contribution is 2.24. The predicted molar refractivity (Wildman–Crippen MR) is 72.1 cm³/mol. The van der Waals surface area contributed by atoms with Crippen molar-refractivity contribution >= 4 is 17.3 Å². The summed E-state index contributed by atoms with van der Waals surface area (Å²) in [6, 6.07) is 4.92. The summed E-state index contributed by atoms with van der Waals surface area (Å²) in [5, 5.41) is 14.1. The van der Waals surface area contributed by atoms with Crippen LogP contribution in [0.4, 0.5) is 11.4 Å². The molecule has 19 heavy (non-hydrogen) atoms. The van der Waals surface area contributed by atoms with Crippen LogP contribution in [0.2, 0.25) is 0 Å². The van der Waals surface area contributed by atoms with Gasteiger partial charge in [0.1, 0.15) is 0 Å². The maximum atomic E-state index is 11.4. The van der Waals surface area contributed by atoms with Crippen LogP contribution in [0, 0.1) is 17.0 Å².